The first-order valence-corrected chi connectivity index (χ1v) is 6.49. The second kappa shape index (κ2) is 6.63. The van der Waals surface area contributed by atoms with E-state index in [0.717, 1.165) is 28.8 Å². The predicted molar refractivity (Wildman–Crippen MR) is 74.3 cm³/mol. The van der Waals surface area contributed by atoms with Crippen molar-refractivity contribution in [1.29, 1.82) is 5.26 Å². The van der Waals surface area contributed by atoms with Crippen molar-refractivity contribution in [2.75, 3.05) is 12.3 Å². The van der Waals surface area contributed by atoms with Crippen molar-refractivity contribution in [2.45, 2.75) is 32.9 Å². The lowest BCUT2D eigenvalue weighted by Crippen LogP contribution is -2.31. The van der Waals surface area contributed by atoms with Gasteiger partial charge in [0.25, 0.3) is 0 Å². The van der Waals surface area contributed by atoms with Crippen molar-refractivity contribution in [3.8, 4) is 6.07 Å². The average Bonchev–Trinajstić information content (AvgIpc) is 2.29. The molecular weight excluding hydrogens is 278 g/mol. The lowest BCUT2D eigenvalue weighted by atomic mass is 10.1. The molecule has 0 aliphatic rings. The van der Waals surface area contributed by atoms with Crippen LogP contribution in [-0.4, -0.2) is 17.5 Å². The summed E-state index contributed by atoms with van der Waals surface area (Å²) in [5, 5.41) is 8.66. The number of hydrogen-bond donors (Lipinski definition) is 1. The van der Waals surface area contributed by atoms with Gasteiger partial charge in [-0.3, -0.25) is 4.90 Å². The van der Waals surface area contributed by atoms with E-state index in [2.05, 4.69) is 46.8 Å². The first kappa shape index (κ1) is 14.0. The predicted octanol–water partition coefficient (Wildman–Crippen LogP) is 3.16. The summed E-state index contributed by atoms with van der Waals surface area (Å²) in [5.41, 5.74) is 7.77. The topological polar surface area (TPSA) is 53.0 Å². The van der Waals surface area contributed by atoms with E-state index in [4.69, 9.17) is 11.0 Å². The van der Waals surface area contributed by atoms with E-state index in [9.17, 15) is 0 Å². The molecule has 1 rings (SSSR count). The Morgan fingerprint density at radius 3 is 2.76 bits per heavy atom. The molecule has 0 spiro atoms. The molecule has 0 heterocycles. The van der Waals surface area contributed by atoms with Crippen LogP contribution in [0.4, 0.5) is 5.69 Å². The fraction of sp³-hybridized carbons (Fsp3) is 0.462. The van der Waals surface area contributed by atoms with E-state index in [-0.39, 0.29) is 0 Å². The largest absolute Gasteiger partial charge is 0.398 e. The third-order valence-electron chi connectivity index (χ3n) is 2.72. The van der Waals surface area contributed by atoms with Gasteiger partial charge in [0.05, 0.1) is 6.07 Å². The highest BCUT2D eigenvalue weighted by Gasteiger charge is 2.12. The van der Waals surface area contributed by atoms with Gasteiger partial charge in [-0.1, -0.05) is 12.1 Å². The standard InChI is InChI=1S/C13H18BrN3/c1-10(2)17(8-4-7-15)9-11-5-3-6-12(16)13(11)14/h3,5-6,10H,4,8-9,16H2,1-2H3. The number of anilines is 1. The van der Waals surface area contributed by atoms with Gasteiger partial charge in [0, 0.05) is 35.7 Å². The Bertz CT molecular complexity index is 410. The number of nitrogens with zero attached hydrogens (tertiary/aromatic N) is 2. The molecule has 17 heavy (non-hydrogen) atoms. The molecule has 1 aromatic rings. The molecule has 0 bridgehead atoms. The van der Waals surface area contributed by atoms with Crippen molar-refractivity contribution in [3.63, 3.8) is 0 Å². The van der Waals surface area contributed by atoms with Crippen LogP contribution in [0, 0.1) is 11.3 Å². The number of rotatable bonds is 5. The van der Waals surface area contributed by atoms with Crippen LogP contribution in [0.5, 0.6) is 0 Å². The fourth-order valence-electron chi connectivity index (χ4n) is 1.65. The maximum atomic E-state index is 8.66. The zero-order chi connectivity index (χ0) is 12.8. The molecule has 0 atom stereocenters. The highest BCUT2D eigenvalue weighted by Crippen LogP contribution is 2.25. The van der Waals surface area contributed by atoms with E-state index in [1.807, 2.05) is 12.1 Å². The van der Waals surface area contributed by atoms with Crippen molar-refractivity contribution in [3.05, 3.63) is 28.2 Å². The minimum absolute atomic E-state index is 0.414. The van der Waals surface area contributed by atoms with E-state index in [0.29, 0.717) is 12.5 Å². The number of benzene rings is 1. The highest BCUT2D eigenvalue weighted by atomic mass is 79.9. The molecule has 0 saturated heterocycles. The normalized spacial score (nSPS) is 10.8. The molecule has 4 heteroatoms. The number of halogens is 1. The van der Waals surface area contributed by atoms with Crippen molar-refractivity contribution in [1.82, 2.24) is 4.90 Å². The summed E-state index contributed by atoms with van der Waals surface area (Å²) in [7, 11) is 0. The Balaban J connectivity index is 2.79. The van der Waals surface area contributed by atoms with Gasteiger partial charge in [-0.25, -0.2) is 0 Å². The average molecular weight is 296 g/mol. The molecule has 0 saturated carbocycles. The van der Waals surface area contributed by atoms with E-state index in [1.165, 1.54) is 0 Å². The fourth-order valence-corrected chi connectivity index (χ4v) is 2.04. The molecule has 1 aromatic carbocycles. The van der Waals surface area contributed by atoms with E-state index in [1.54, 1.807) is 0 Å². The van der Waals surface area contributed by atoms with Crippen LogP contribution in [-0.2, 0) is 6.54 Å². The first-order valence-electron chi connectivity index (χ1n) is 5.70. The molecule has 0 amide bonds. The quantitative estimate of drug-likeness (QED) is 0.849. The van der Waals surface area contributed by atoms with Crippen LogP contribution in [0.25, 0.3) is 0 Å². The van der Waals surface area contributed by atoms with Crippen LogP contribution < -0.4 is 5.73 Å². The van der Waals surface area contributed by atoms with Gasteiger partial charge in [0.1, 0.15) is 0 Å². The van der Waals surface area contributed by atoms with Crippen molar-refractivity contribution >= 4 is 21.6 Å². The molecule has 0 fully saturated rings. The molecule has 0 aliphatic heterocycles. The molecule has 2 N–H and O–H groups in total. The monoisotopic (exact) mass is 295 g/mol. The summed E-state index contributed by atoms with van der Waals surface area (Å²) in [5.74, 6) is 0. The maximum Gasteiger partial charge on any atom is 0.0635 e. The van der Waals surface area contributed by atoms with Crippen LogP contribution in [0.2, 0.25) is 0 Å². The van der Waals surface area contributed by atoms with Gasteiger partial charge in [-0.05, 0) is 41.4 Å². The Morgan fingerprint density at radius 2 is 2.18 bits per heavy atom. The summed E-state index contributed by atoms with van der Waals surface area (Å²) in [6.45, 7) is 5.87. The summed E-state index contributed by atoms with van der Waals surface area (Å²) in [6.07, 6.45) is 0.554. The zero-order valence-electron chi connectivity index (χ0n) is 10.3. The van der Waals surface area contributed by atoms with Gasteiger partial charge in [-0.2, -0.15) is 5.26 Å². The van der Waals surface area contributed by atoms with E-state index < -0.39 is 0 Å². The Labute approximate surface area is 111 Å². The van der Waals surface area contributed by atoms with Crippen LogP contribution in [0.3, 0.4) is 0 Å². The summed E-state index contributed by atoms with van der Waals surface area (Å²) in [4.78, 5) is 2.27. The number of hydrogen-bond acceptors (Lipinski definition) is 3. The van der Waals surface area contributed by atoms with Gasteiger partial charge in [-0.15, -0.1) is 0 Å². The Kier molecular flexibility index (Phi) is 5.46. The molecule has 0 unspecified atom stereocenters. The lowest BCUT2D eigenvalue weighted by molar-refractivity contribution is 0.217. The van der Waals surface area contributed by atoms with Gasteiger partial charge >= 0.3 is 0 Å². The van der Waals surface area contributed by atoms with Gasteiger partial charge in [0.15, 0.2) is 0 Å². The Morgan fingerprint density at radius 1 is 1.47 bits per heavy atom. The van der Waals surface area contributed by atoms with Crippen LogP contribution >= 0.6 is 15.9 Å². The summed E-state index contributed by atoms with van der Waals surface area (Å²) in [6, 6.07) is 8.49. The van der Waals surface area contributed by atoms with Gasteiger partial charge in [0.2, 0.25) is 0 Å². The van der Waals surface area contributed by atoms with Crippen molar-refractivity contribution < 1.29 is 0 Å². The Hall–Kier alpha value is -1.05. The lowest BCUT2D eigenvalue weighted by Gasteiger charge is -2.26. The minimum Gasteiger partial charge on any atom is -0.398 e. The SMILES string of the molecule is CC(C)N(CCC#N)Cc1cccc(N)c1Br. The summed E-state index contributed by atoms with van der Waals surface area (Å²) >= 11 is 3.51. The first-order chi connectivity index (χ1) is 8.06. The van der Waals surface area contributed by atoms with Crippen LogP contribution in [0.15, 0.2) is 22.7 Å². The third kappa shape index (κ3) is 4.03. The number of nitrogen functional groups attached to an aromatic ring is 1. The van der Waals surface area contributed by atoms with Crippen LogP contribution in [0.1, 0.15) is 25.8 Å². The van der Waals surface area contributed by atoms with E-state index >= 15 is 0 Å². The number of nitriles is 1. The zero-order valence-corrected chi connectivity index (χ0v) is 11.9. The third-order valence-corrected chi connectivity index (χ3v) is 3.69. The second-order valence-corrected chi connectivity index (χ2v) is 5.09. The van der Waals surface area contributed by atoms with Gasteiger partial charge < -0.3 is 5.73 Å². The molecule has 0 radical (unpaired) electrons. The maximum absolute atomic E-state index is 8.66. The number of nitrogens with two attached hydrogens (primary N) is 1. The minimum atomic E-state index is 0.414. The summed E-state index contributed by atoms with van der Waals surface area (Å²) < 4.78 is 0.961. The molecule has 0 aromatic heterocycles. The molecule has 3 nitrogen and oxygen atoms in total. The smallest absolute Gasteiger partial charge is 0.0635 e. The molecule has 0 aliphatic carbocycles. The highest BCUT2D eigenvalue weighted by molar-refractivity contribution is 9.10. The molecular formula is C13H18BrN3. The van der Waals surface area contributed by atoms with Crippen molar-refractivity contribution in [2.24, 2.45) is 0 Å². The molecule has 92 valence electrons. The second-order valence-electron chi connectivity index (χ2n) is 4.29.